The number of anilines is 1. The average molecular weight is 462 g/mol. The van der Waals surface area contributed by atoms with E-state index >= 15 is 0 Å². The summed E-state index contributed by atoms with van der Waals surface area (Å²) in [6.45, 7) is 5.37. The van der Waals surface area contributed by atoms with E-state index in [0.717, 1.165) is 50.0 Å². The molecule has 0 bridgehead atoms. The first kappa shape index (κ1) is 22.6. The quantitative estimate of drug-likeness (QED) is 0.467. The number of aromatic nitrogens is 1. The lowest BCUT2D eigenvalue weighted by Crippen LogP contribution is -2.47. The predicted molar refractivity (Wildman–Crippen MR) is 133 cm³/mol. The van der Waals surface area contributed by atoms with Gasteiger partial charge in [-0.2, -0.15) is 0 Å². The fourth-order valence-corrected chi connectivity index (χ4v) is 4.91. The van der Waals surface area contributed by atoms with Crippen molar-refractivity contribution in [3.63, 3.8) is 0 Å². The van der Waals surface area contributed by atoms with Crippen molar-refractivity contribution in [2.24, 2.45) is 0 Å². The molecule has 30 heavy (non-hydrogen) atoms. The van der Waals surface area contributed by atoms with Crippen LogP contribution in [0.2, 0.25) is 0 Å². The summed E-state index contributed by atoms with van der Waals surface area (Å²) in [5, 5.41) is 4.65. The second-order valence-electron chi connectivity index (χ2n) is 7.43. The molecule has 5 rings (SSSR count). The smallest absolute Gasteiger partial charge is 0.248 e. The summed E-state index contributed by atoms with van der Waals surface area (Å²) >= 11 is 1.81. The molecule has 1 fully saturated rings. The molecule has 158 valence electrons. The molecule has 0 amide bonds. The molecule has 2 aromatic carbocycles. The number of fused-ring (bicyclic) bond motifs is 2. The molecule has 0 atom stereocenters. The van der Waals surface area contributed by atoms with E-state index in [1.54, 1.807) is 6.07 Å². The van der Waals surface area contributed by atoms with Gasteiger partial charge >= 0.3 is 0 Å². The molecule has 0 spiro atoms. The lowest BCUT2D eigenvalue weighted by Gasteiger charge is -2.36. The van der Waals surface area contributed by atoms with E-state index in [2.05, 4.69) is 62.6 Å². The highest BCUT2D eigenvalue weighted by atomic mass is 35.5. The number of piperazine rings is 1. The first-order valence-electron chi connectivity index (χ1n) is 9.82. The summed E-state index contributed by atoms with van der Waals surface area (Å²) < 4.78 is 1.37. The summed E-state index contributed by atoms with van der Waals surface area (Å²) in [6, 6.07) is 18.7. The first-order chi connectivity index (χ1) is 13.8. The Morgan fingerprint density at radius 1 is 0.933 bits per heavy atom. The number of hydrogen-bond donors (Lipinski definition) is 1. The Morgan fingerprint density at radius 2 is 1.73 bits per heavy atom. The second kappa shape index (κ2) is 9.84. The third-order valence-electron chi connectivity index (χ3n) is 5.69. The van der Waals surface area contributed by atoms with Crippen LogP contribution in [0.3, 0.4) is 0 Å². The van der Waals surface area contributed by atoms with Crippen LogP contribution in [-0.4, -0.2) is 42.6 Å². The molecule has 1 saturated heterocycles. The minimum Gasteiger partial charge on any atom is -0.368 e. The number of benzene rings is 2. The fraction of sp³-hybridized carbons (Fsp3) is 0.261. The normalized spacial score (nSPS) is 14.5. The van der Waals surface area contributed by atoms with Crippen molar-refractivity contribution in [3.8, 4) is 0 Å². The average Bonchev–Trinajstić information content (AvgIpc) is 3.21. The zero-order valence-corrected chi connectivity index (χ0v) is 19.0. The van der Waals surface area contributed by atoms with Gasteiger partial charge in [0.2, 0.25) is 5.56 Å². The van der Waals surface area contributed by atoms with Crippen LogP contribution in [0.1, 0.15) is 5.56 Å². The zero-order valence-electron chi connectivity index (χ0n) is 16.5. The van der Waals surface area contributed by atoms with Crippen molar-refractivity contribution < 1.29 is 0 Å². The maximum Gasteiger partial charge on any atom is 0.248 e. The summed E-state index contributed by atoms with van der Waals surface area (Å²) in [5.41, 5.74) is 3.54. The molecule has 4 nitrogen and oxygen atoms in total. The molecule has 1 N–H and O–H groups in total. The van der Waals surface area contributed by atoms with Crippen molar-refractivity contribution >= 4 is 62.8 Å². The molecule has 1 aliphatic heterocycles. The summed E-state index contributed by atoms with van der Waals surface area (Å²) in [4.78, 5) is 19.5. The number of halogens is 2. The van der Waals surface area contributed by atoms with Crippen LogP contribution in [-0.2, 0) is 6.42 Å². The fourth-order valence-electron chi connectivity index (χ4n) is 4.11. The maximum absolute atomic E-state index is 11.5. The number of rotatable bonds is 4. The van der Waals surface area contributed by atoms with E-state index in [0.29, 0.717) is 0 Å². The van der Waals surface area contributed by atoms with Gasteiger partial charge in [-0.1, -0.05) is 18.2 Å². The number of pyridine rings is 1. The Morgan fingerprint density at radius 3 is 2.57 bits per heavy atom. The van der Waals surface area contributed by atoms with Gasteiger partial charge < -0.3 is 9.88 Å². The Kier molecular flexibility index (Phi) is 7.42. The number of nitrogens with zero attached hydrogens (tertiary/aromatic N) is 2. The number of aromatic amines is 1. The summed E-state index contributed by atoms with van der Waals surface area (Å²) in [5.74, 6) is 0. The van der Waals surface area contributed by atoms with Gasteiger partial charge in [-0.25, -0.2) is 0 Å². The highest BCUT2D eigenvalue weighted by Gasteiger charge is 2.18. The molecule has 2 aromatic heterocycles. The SMILES string of the molecule is Cl.Cl.O=c1ccc2ccc(CCN3CCN(c4cccc5sccc45)CC3)cc2[nH]1. The number of H-pyrrole nitrogens is 1. The standard InChI is InChI=1S/C23H23N3OS.2ClH/c27-23-7-6-18-5-4-17(16-20(18)24-23)8-10-25-11-13-26(14-12-25)21-2-1-3-22-19(21)9-15-28-22;;/h1-7,9,15-16H,8,10-14H2,(H,24,27);2*1H. The van der Waals surface area contributed by atoms with Gasteiger partial charge in [-0.05, 0) is 53.1 Å². The van der Waals surface area contributed by atoms with Crippen molar-refractivity contribution in [3.05, 3.63) is 75.9 Å². The monoisotopic (exact) mass is 461 g/mol. The Balaban J connectivity index is 0.00000128. The zero-order chi connectivity index (χ0) is 18.9. The van der Waals surface area contributed by atoms with E-state index in [1.165, 1.54) is 21.3 Å². The largest absolute Gasteiger partial charge is 0.368 e. The van der Waals surface area contributed by atoms with E-state index < -0.39 is 0 Å². The van der Waals surface area contributed by atoms with Gasteiger partial charge in [0.25, 0.3) is 0 Å². The molecule has 0 aliphatic carbocycles. The molecule has 0 unspecified atom stereocenters. The molecule has 7 heteroatoms. The minimum absolute atomic E-state index is 0. The number of thiophene rings is 1. The highest BCUT2D eigenvalue weighted by molar-refractivity contribution is 7.17. The summed E-state index contributed by atoms with van der Waals surface area (Å²) in [7, 11) is 0. The minimum atomic E-state index is -0.0404. The first-order valence-corrected chi connectivity index (χ1v) is 10.7. The molecule has 4 aromatic rings. The summed E-state index contributed by atoms with van der Waals surface area (Å²) in [6.07, 6.45) is 1.01. The van der Waals surface area contributed by atoms with Crippen LogP contribution in [0.5, 0.6) is 0 Å². The molecule has 1 aliphatic rings. The molecular weight excluding hydrogens is 437 g/mol. The van der Waals surface area contributed by atoms with Crippen molar-refractivity contribution in [1.29, 1.82) is 0 Å². The third-order valence-corrected chi connectivity index (χ3v) is 6.57. The lowest BCUT2D eigenvalue weighted by molar-refractivity contribution is 0.261. The van der Waals surface area contributed by atoms with Gasteiger partial charge in [0.15, 0.2) is 0 Å². The Bertz CT molecular complexity index is 1180. The van der Waals surface area contributed by atoms with Crippen molar-refractivity contribution in [1.82, 2.24) is 9.88 Å². The molecule has 3 heterocycles. The lowest BCUT2D eigenvalue weighted by atomic mass is 10.1. The number of hydrogen-bond acceptors (Lipinski definition) is 4. The van der Waals surface area contributed by atoms with E-state index in [9.17, 15) is 4.79 Å². The molecule has 0 radical (unpaired) electrons. The van der Waals surface area contributed by atoms with Crippen LogP contribution in [0.4, 0.5) is 5.69 Å². The Labute approximate surface area is 192 Å². The number of nitrogens with one attached hydrogen (secondary N) is 1. The van der Waals surface area contributed by atoms with Crippen LogP contribution in [0.25, 0.3) is 21.0 Å². The molecular formula is C23H25Cl2N3OS. The maximum atomic E-state index is 11.5. The van der Waals surface area contributed by atoms with E-state index in [-0.39, 0.29) is 30.4 Å². The van der Waals surface area contributed by atoms with Gasteiger partial charge in [0.05, 0.1) is 0 Å². The van der Waals surface area contributed by atoms with Crippen LogP contribution in [0, 0.1) is 0 Å². The van der Waals surface area contributed by atoms with Crippen LogP contribution in [0.15, 0.2) is 64.8 Å². The van der Waals surface area contributed by atoms with Gasteiger partial charge in [0, 0.05) is 60.1 Å². The van der Waals surface area contributed by atoms with E-state index in [4.69, 9.17) is 0 Å². The Hall–Kier alpha value is -2.05. The van der Waals surface area contributed by atoms with Crippen LogP contribution < -0.4 is 10.5 Å². The van der Waals surface area contributed by atoms with Gasteiger partial charge in [0.1, 0.15) is 0 Å². The van der Waals surface area contributed by atoms with Gasteiger partial charge in [-0.3, -0.25) is 9.69 Å². The third kappa shape index (κ3) is 4.65. The van der Waals surface area contributed by atoms with Crippen molar-refractivity contribution in [2.75, 3.05) is 37.6 Å². The second-order valence-corrected chi connectivity index (χ2v) is 8.38. The predicted octanol–water partition coefficient (Wildman–Crippen LogP) is 4.95. The topological polar surface area (TPSA) is 39.3 Å². The highest BCUT2D eigenvalue weighted by Crippen LogP contribution is 2.31. The van der Waals surface area contributed by atoms with E-state index in [1.807, 2.05) is 17.4 Å². The van der Waals surface area contributed by atoms with Crippen LogP contribution >= 0.6 is 36.2 Å². The van der Waals surface area contributed by atoms with Crippen molar-refractivity contribution in [2.45, 2.75) is 6.42 Å². The van der Waals surface area contributed by atoms with Gasteiger partial charge in [-0.15, -0.1) is 36.2 Å². The molecule has 0 saturated carbocycles.